The number of anilines is 1. The van der Waals surface area contributed by atoms with Gasteiger partial charge in [-0.1, -0.05) is 11.6 Å². The number of nitrogens with zero attached hydrogens (tertiary/aromatic N) is 1. The summed E-state index contributed by atoms with van der Waals surface area (Å²) >= 11 is 5.69. The molecule has 0 atom stereocenters. The highest BCUT2D eigenvalue weighted by Crippen LogP contribution is 2.38. The summed E-state index contributed by atoms with van der Waals surface area (Å²) in [5.74, 6) is -0.622. The van der Waals surface area contributed by atoms with Gasteiger partial charge in [0.15, 0.2) is 0 Å². The molecule has 0 unspecified atom stereocenters. The van der Waals surface area contributed by atoms with Crippen LogP contribution in [0.4, 0.5) is 5.82 Å². The highest BCUT2D eigenvalue weighted by atomic mass is 35.5. The maximum Gasteiger partial charge on any atom is 0.339 e. The van der Waals surface area contributed by atoms with Crippen molar-refractivity contribution < 1.29 is 9.90 Å². The Labute approximate surface area is 92.3 Å². The van der Waals surface area contributed by atoms with E-state index >= 15 is 0 Å². The second-order valence-corrected chi connectivity index (χ2v) is 4.48. The summed E-state index contributed by atoms with van der Waals surface area (Å²) in [6.07, 6.45) is 3.52. The number of rotatable bonds is 3. The van der Waals surface area contributed by atoms with E-state index < -0.39 is 5.97 Å². The summed E-state index contributed by atoms with van der Waals surface area (Å²) in [5.41, 5.74) is 0.126. The molecule has 1 aliphatic carbocycles. The molecule has 0 saturated heterocycles. The predicted octanol–water partition coefficient (Wildman–Crippen LogP) is 2.40. The van der Waals surface area contributed by atoms with Gasteiger partial charge in [0.05, 0.1) is 5.02 Å². The minimum Gasteiger partial charge on any atom is -0.478 e. The van der Waals surface area contributed by atoms with Crippen molar-refractivity contribution in [2.75, 3.05) is 5.32 Å². The number of hydrogen-bond acceptors (Lipinski definition) is 3. The molecule has 1 aromatic heterocycles. The molecule has 2 N–H and O–H groups in total. The van der Waals surface area contributed by atoms with Crippen LogP contribution in [-0.4, -0.2) is 21.6 Å². The SMILES string of the molecule is CC1(Nc2ncc(Cl)cc2C(=O)O)CC1. The van der Waals surface area contributed by atoms with Crippen LogP contribution in [0, 0.1) is 0 Å². The molecule has 0 aliphatic heterocycles. The lowest BCUT2D eigenvalue weighted by atomic mass is 10.2. The van der Waals surface area contributed by atoms with E-state index in [1.54, 1.807) is 0 Å². The van der Waals surface area contributed by atoms with Crippen molar-refractivity contribution in [3.8, 4) is 0 Å². The highest BCUT2D eigenvalue weighted by Gasteiger charge is 2.38. The van der Waals surface area contributed by atoms with E-state index in [1.807, 2.05) is 6.92 Å². The van der Waals surface area contributed by atoms with Crippen LogP contribution in [0.1, 0.15) is 30.1 Å². The Morgan fingerprint density at radius 3 is 2.87 bits per heavy atom. The van der Waals surface area contributed by atoms with Gasteiger partial charge in [-0.3, -0.25) is 0 Å². The van der Waals surface area contributed by atoms with Crippen LogP contribution in [0.3, 0.4) is 0 Å². The summed E-state index contributed by atoms with van der Waals surface area (Å²) in [5, 5.41) is 12.4. The molecule has 0 amide bonds. The molecule has 80 valence electrons. The lowest BCUT2D eigenvalue weighted by molar-refractivity contribution is 0.0697. The quantitative estimate of drug-likeness (QED) is 0.831. The average Bonchev–Trinajstić information content (AvgIpc) is 2.87. The van der Waals surface area contributed by atoms with Gasteiger partial charge < -0.3 is 10.4 Å². The molecule has 1 aliphatic rings. The Kier molecular flexibility index (Phi) is 2.31. The highest BCUT2D eigenvalue weighted by molar-refractivity contribution is 6.30. The fraction of sp³-hybridized carbons (Fsp3) is 0.400. The first-order valence-electron chi connectivity index (χ1n) is 4.67. The number of carboxylic acid groups (broad SMARTS) is 1. The van der Waals surface area contributed by atoms with E-state index in [9.17, 15) is 4.79 Å². The number of hydrogen-bond donors (Lipinski definition) is 2. The summed E-state index contributed by atoms with van der Waals surface area (Å²) in [4.78, 5) is 14.9. The van der Waals surface area contributed by atoms with Crippen LogP contribution in [0.2, 0.25) is 5.02 Å². The van der Waals surface area contributed by atoms with Crippen molar-refractivity contribution in [3.63, 3.8) is 0 Å². The Balaban J connectivity index is 2.32. The molecular formula is C10H11ClN2O2. The second-order valence-electron chi connectivity index (χ2n) is 4.04. The third kappa shape index (κ3) is 2.21. The molecule has 1 aromatic rings. The molecule has 0 aromatic carbocycles. The maximum absolute atomic E-state index is 10.9. The van der Waals surface area contributed by atoms with Crippen LogP contribution >= 0.6 is 11.6 Å². The molecule has 1 saturated carbocycles. The van der Waals surface area contributed by atoms with Crippen molar-refractivity contribution in [3.05, 3.63) is 22.8 Å². The van der Waals surface area contributed by atoms with Gasteiger partial charge in [-0.25, -0.2) is 9.78 Å². The van der Waals surface area contributed by atoms with E-state index in [4.69, 9.17) is 16.7 Å². The van der Waals surface area contributed by atoms with Crippen LogP contribution in [0.5, 0.6) is 0 Å². The van der Waals surface area contributed by atoms with E-state index in [2.05, 4.69) is 10.3 Å². The van der Waals surface area contributed by atoms with Gasteiger partial charge in [-0.2, -0.15) is 0 Å². The van der Waals surface area contributed by atoms with Gasteiger partial charge >= 0.3 is 5.97 Å². The van der Waals surface area contributed by atoms with Crippen LogP contribution in [0.25, 0.3) is 0 Å². The molecule has 0 spiro atoms. The van der Waals surface area contributed by atoms with Crippen molar-refractivity contribution in [1.29, 1.82) is 0 Å². The second kappa shape index (κ2) is 3.38. The Morgan fingerprint density at radius 2 is 2.33 bits per heavy atom. The summed E-state index contributed by atoms with van der Waals surface area (Å²) in [6, 6.07) is 1.41. The topological polar surface area (TPSA) is 62.2 Å². The molecule has 15 heavy (non-hydrogen) atoms. The zero-order valence-electron chi connectivity index (χ0n) is 8.25. The lowest BCUT2D eigenvalue weighted by Gasteiger charge is -2.14. The maximum atomic E-state index is 10.9. The normalized spacial score (nSPS) is 17.2. The Bertz CT molecular complexity index is 416. The molecule has 0 radical (unpaired) electrons. The largest absolute Gasteiger partial charge is 0.478 e. The summed E-state index contributed by atoms with van der Waals surface area (Å²) < 4.78 is 0. The first-order valence-corrected chi connectivity index (χ1v) is 5.05. The predicted molar refractivity (Wildman–Crippen MR) is 57.5 cm³/mol. The number of carbonyl (C=O) groups is 1. The molecule has 4 nitrogen and oxygen atoms in total. The van der Waals surface area contributed by atoms with Gasteiger partial charge in [0.2, 0.25) is 0 Å². The van der Waals surface area contributed by atoms with Gasteiger partial charge in [0.25, 0.3) is 0 Å². The van der Waals surface area contributed by atoms with Crippen LogP contribution in [0.15, 0.2) is 12.3 Å². The van der Waals surface area contributed by atoms with Crippen molar-refractivity contribution >= 4 is 23.4 Å². The fourth-order valence-electron chi connectivity index (χ4n) is 1.30. The van der Waals surface area contributed by atoms with Crippen LogP contribution < -0.4 is 5.32 Å². The number of halogens is 1. The molecule has 5 heteroatoms. The number of pyridine rings is 1. The third-order valence-corrected chi connectivity index (χ3v) is 2.71. The molecule has 1 heterocycles. The number of carboxylic acids is 1. The Hall–Kier alpha value is -1.29. The van der Waals surface area contributed by atoms with Crippen LogP contribution in [-0.2, 0) is 0 Å². The van der Waals surface area contributed by atoms with Gasteiger partial charge in [0, 0.05) is 11.7 Å². The van der Waals surface area contributed by atoms with E-state index in [1.165, 1.54) is 12.3 Å². The number of aromatic carboxylic acids is 1. The smallest absolute Gasteiger partial charge is 0.339 e. The first kappa shape index (κ1) is 10.2. The van der Waals surface area contributed by atoms with Gasteiger partial charge in [-0.05, 0) is 25.8 Å². The van der Waals surface area contributed by atoms with Crippen molar-refractivity contribution in [1.82, 2.24) is 4.98 Å². The molecule has 2 rings (SSSR count). The standard InChI is InChI=1S/C10H11ClN2O2/c1-10(2-3-10)13-8-7(9(14)15)4-6(11)5-12-8/h4-5H,2-3H2,1H3,(H,12,13)(H,14,15). The zero-order chi connectivity index (χ0) is 11.1. The number of nitrogens with one attached hydrogen (secondary N) is 1. The van der Waals surface area contributed by atoms with E-state index in [0.717, 1.165) is 12.8 Å². The summed E-state index contributed by atoms with van der Waals surface area (Å²) in [7, 11) is 0. The fourth-order valence-corrected chi connectivity index (χ4v) is 1.46. The zero-order valence-corrected chi connectivity index (χ0v) is 9.01. The molecule has 0 bridgehead atoms. The van der Waals surface area contributed by atoms with Crippen molar-refractivity contribution in [2.24, 2.45) is 0 Å². The molecule has 1 fully saturated rings. The lowest BCUT2D eigenvalue weighted by Crippen LogP contribution is -2.19. The Morgan fingerprint density at radius 1 is 1.67 bits per heavy atom. The van der Waals surface area contributed by atoms with Gasteiger partial charge in [0.1, 0.15) is 11.4 Å². The minimum atomic E-state index is -1.02. The average molecular weight is 227 g/mol. The first-order chi connectivity index (χ1) is 7.00. The van der Waals surface area contributed by atoms with Gasteiger partial charge in [-0.15, -0.1) is 0 Å². The monoisotopic (exact) mass is 226 g/mol. The third-order valence-electron chi connectivity index (χ3n) is 2.50. The van der Waals surface area contributed by atoms with Crippen molar-refractivity contribution in [2.45, 2.75) is 25.3 Å². The van der Waals surface area contributed by atoms with E-state index in [0.29, 0.717) is 10.8 Å². The molecular weight excluding hydrogens is 216 g/mol. The minimum absolute atomic E-state index is 0.00499. The summed E-state index contributed by atoms with van der Waals surface area (Å²) in [6.45, 7) is 2.04. The van der Waals surface area contributed by atoms with E-state index in [-0.39, 0.29) is 11.1 Å². The number of aromatic nitrogens is 1.